The number of nitrogens with two attached hydrogens (primary N) is 1. The van der Waals surface area contributed by atoms with Gasteiger partial charge in [-0.1, -0.05) is 26.0 Å². The van der Waals surface area contributed by atoms with Gasteiger partial charge in [0.2, 0.25) is 0 Å². The van der Waals surface area contributed by atoms with E-state index in [2.05, 4.69) is 48.2 Å². The maximum atomic E-state index is 5.61. The molecule has 2 rings (SSSR count). The standard InChI is InChI=1S/C14H23N3.C2H6/c1-16(2)13-7-9-17(10-8-13)14-5-3-12(11-15)4-6-14;1-2/h3-6,13H,7-11,15H2,1-2H3;1-2H3. The first-order valence-corrected chi connectivity index (χ1v) is 7.41. The number of anilines is 1. The highest BCUT2D eigenvalue weighted by Gasteiger charge is 2.20. The Morgan fingerprint density at radius 1 is 1.11 bits per heavy atom. The zero-order valence-electron chi connectivity index (χ0n) is 12.9. The van der Waals surface area contributed by atoms with Crippen LogP contribution in [0.2, 0.25) is 0 Å². The molecule has 0 unspecified atom stereocenters. The van der Waals surface area contributed by atoms with Crippen molar-refractivity contribution in [3.63, 3.8) is 0 Å². The molecular formula is C16H29N3. The molecule has 0 radical (unpaired) electrons. The molecule has 0 spiro atoms. The van der Waals surface area contributed by atoms with E-state index < -0.39 is 0 Å². The third kappa shape index (κ3) is 4.51. The summed E-state index contributed by atoms with van der Waals surface area (Å²) in [5, 5.41) is 0. The number of piperidine rings is 1. The lowest BCUT2D eigenvalue weighted by Crippen LogP contribution is -2.41. The quantitative estimate of drug-likeness (QED) is 0.910. The van der Waals surface area contributed by atoms with Gasteiger partial charge in [-0.25, -0.2) is 0 Å². The third-order valence-corrected chi connectivity index (χ3v) is 3.73. The molecule has 1 heterocycles. The first-order chi connectivity index (χ1) is 9.20. The molecule has 3 nitrogen and oxygen atoms in total. The second kappa shape index (κ2) is 8.18. The SMILES string of the molecule is CC.CN(C)C1CCN(c2ccc(CN)cc2)CC1. The molecule has 0 saturated carbocycles. The van der Waals surface area contributed by atoms with Crippen molar-refractivity contribution >= 4 is 5.69 Å². The molecule has 1 aliphatic heterocycles. The van der Waals surface area contributed by atoms with Crippen LogP contribution in [0.4, 0.5) is 5.69 Å². The average Bonchev–Trinajstić information content (AvgIpc) is 2.49. The minimum Gasteiger partial charge on any atom is -0.371 e. The lowest BCUT2D eigenvalue weighted by atomic mass is 10.0. The summed E-state index contributed by atoms with van der Waals surface area (Å²) < 4.78 is 0. The number of benzene rings is 1. The second-order valence-electron chi connectivity index (χ2n) is 5.05. The van der Waals surface area contributed by atoms with Gasteiger partial charge in [0, 0.05) is 31.4 Å². The minimum absolute atomic E-state index is 0.628. The number of hydrogen-bond acceptors (Lipinski definition) is 3. The summed E-state index contributed by atoms with van der Waals surface area (Å²) in [6.07, 6.45) is 2.51. The molecule has 0 bridgehead atoms. The minimum atomic E-state index is 0.628. The lowest BCUT2D eigenvalue weighted by molar-refractivity contribution is 0.249. The Balaban J connectivity index is 0.000000861. The zero-order valence-corrected chi connectivity index (χ0v) is 12.9. The maximum Gasteiger partial charge on any atom is 0.0366 e. The van der Waals surface area contributed by atoms with Crippen LogP contribution >= 0.6 is 0 Å². The van der Waals surface area contributed by atoms with Gasteiger partial charge in [-0.2, -0.15) is 0 Å². The zero-order chi connectivity index (χ0) is 14.3. The molecule has 1 aromatic rings. The van der Waals surface area contributed by atoms with Crippen molar-refractivity contribution in [1.82, 2.24) is 4.90 Å². The van der Waals surface area contributed by atoms with Crippen molar-refractivity contribution in [2.24, 2.45) is 5.73 Å². The van der Waals surface area contributed by atoms with Gasteiger partial charge in [0.05, 0.1) is 0 Å². The van der Waals surface area contributed by atoms with E-state index >= 15 is 0 Å². The summed E-state index contributed by atoms with van der Waals surface area (Å²) in [6.45, 7) is 6.94. The molecule has 0 aromatic heterocycles. The smallest absolute Gasteiger partial charge is 0.0366 e. The van der Waals surface area contributed by atoms with Crippen LogP contribution in [-0.4, -0.2) is 38.1 Å². The van der Waals surface area contributed by atoms with Gasteiger partial charge < -0.3 is 15.5 Å². The molecule has 1 aromatic carbocycles. The number of nitrogens with zero attached hydrogens (tertiary/aromatic N) is 2. The van der Waals surface area contributed by atoms with Crippen LogP contribution in [0.15, 0.2) is 24.3 Å². The Bertz CT molecular complexity index is 338. The summed E-state index contributed by atoms with van der Waals surface area (Å²) in [5.74, 6) is 0. The highest BCUT2D eigenvalue weighted by molar-refractivity contribution is 5.48. The maximum absolute atomic E-state index is 5.61. The van der Waals surface area contributed by atoms with Crippen LogP contribution in [0, 0.1) is 0 Å². The van der Waals surface area contributed by atoms with E-state index in [-0.39, 0.29) is 0 Å². The van der Waals surface area contributed by atoms with Crippen molar-refractivity contribution in [3.05, 3.63) is 29.8 Å². The van der Waals surface area contributed by atoms with E-state index in [9.17, 15) is 0 Å². The van der Waals surface area contributed by atoms with Gasteiger partial charge in [-0.15, -0.1) is 0 Å². The molecule has 3 heteroatoms. The van der Waals surface area contributed by atoms with E-state index in [0.717, 1.165) is 19.1 Å². The van der Waals surface area contributed by atoms with Crippen LogP contribution in [0.25, 0.3) is 0 Å². The van der Waals surface area contributed by atoms with Crippen molar-refractivity contribution in [2.45, 2.75) is 39.3 Å². The molecule has 1 saturated heterocycles. The summed E-state index contributed by atoms with van der Waals surface area (Å²) in [5.41, 5.74) is 8.15. The van der Waals surface area contributed by atoms with Gasteiger partial charge in [0.25, 0.3) is 0 Å². The highest BCUT2D eigenvalue weighted by atomic mass is 15.2. The molecule has 1 fully saturated rings. The molecule has 0 amide bonds. The predicted octanol–water partition coefficient (Wildman–Crippen LogP) is 2.70. The fraction of sp³-hybridized carbons (Fsp3) is 0.625. The topological polar surface area (TPSA) is 32.5 Å². The summed E-state index contributed by atoms with van der Waals surface area (Å²) in [7, 11) is 4.35. The highest BCUT2D eigenvalue weighted by Crippen LogP contribution is 2.21. The van der Waals surface area contributed by atoms with Gasteiger partial charge in [0.15, 0.2) is 0 Å². The predicted molar refractivity (Wildman–Crippen MR) is 84.6 cm³/mol. The van der Waals surface area contributed by atoms with Crippen LogP contribution in [0.1, 0.15) is 32.3 Å². The number of rotatable bonds is 3. The van der Waals surface area contributed by atoms with E-state index in [1.165, 1.54) is 24.1 Å². The fourth-order valence-corrected chi connectivity index (χ4v) is 2.48. The van der Waals surface area contributed by atoms with Crippen LogP contribution < -0.4 is 10.6 Å². The molecule has 2 N–H and O–H groups in total. The number of hydrogen-bond donors (Lipinski definition) is 1. The van der Waals surface area contributed by atoms with E-state index in [1.807, 2.05) is 13.8 Å². The molecule has 19 heavy (non-hydrogen) atoms. The van der Waals surface area contributed by atoms with Crippen LogP contribution in [-0.2, 0) is 6.54 Å². The molecular weight excluding hydrogens is 234 g/mol. The molecule has 0 atom stereocenters. The lowest BCUT2D eigenvalue weighted by Gasteiger charge is -2.36. The third-order valence-electron chi connectivity index (χ3n) is 3.73. The largest absolute Gasteiger partial charge is 0.371 e. The summed E-state index contributed by atoms with van der Waals surface area (Å²) in [4.78, 5) is 4.81. The monoisotopic (exact) mass is 263 g/mol. The Morgan fingerprint density at radius 3 is 2.05 bits per heavy atom. The van der Waals surface area contributed by atoms with Gasteiger partial charge in [-0.05, 0) is 44.6 Å². The van der Waals surface area contributed by atoms with E-state index in [1.54, 1.807) is 0 Å². The summed E-state index contributed by atoms with van der Waals surface area (Å²) in [6, 6.07) is 9.39. The fourth-order valence-electron chi connectivity index (χ4n) is 2.48. The Kier molecular flexibility index (Phi) is 6.89. The van der Waals surface area contributed by atoms with Crippen molar-refractivity contribution in [3.8, 4) is 0 Å². The van der Waals surface area contributed by atoms with E-state index in [4.69, 9.17) is 5.73 Å². The molecule has 0 aliphatic carbocycles. The van der Waals surface area contributed by atoms with Gasteiger partial charge in [0.1, 0.15) is 0 Å². The molecule has 1 aliphatic rings. The van der Waals surface area contributed by atoms with E-state index in [0.29, 0.717) is 6.54 Å². The first kappa shape index (κ1) is 16.0. The van der Waals surface area contributed by atoms with Crippen molar-refractivity contribution in [1.29, 1.82) is 0 Å². The first-order valence-electron chi connectivity index (χ1n) is 7.41. The Morgan fingerprint density at radius 2 is 1.63 bits per heavy atom. The average molecular weight is 263 g/mol. The van der Waals surface area contributed by atoms with Gasteiger partial charge >= 0.3 is 0 Å². The van der Waals surface area contributed by atoms with Crippen molar-refractivity contribution < 1.29 is 0 Å². The molecule has 108 valence electrons. The Labute approximate surface area is 118 Å². The van der Waals surface area contributed by atoms with Gasteiger partial charge in [-0.3, -0.25) is 0 Å². The normalized spacial score (nSPS) is 16.2. The van der Waals surface area contributed by atoms with Crippen molar-refractivity contribution in [2.75, 3.05) is 32.1 Å². The van der Waals surface area contributed by atoms with Crippen LogP contribution in [0.3, 0.4) is 0 Å². The van der Waals surface area contributed by atoms with Crippen LogP contribution in [0.5, 0.6) is 0 Å². The summed E-state index contributed by atoms with van der Waals surface area (Å²) >= 11 is 0. The Hall–Kier alpha value is -1.06. The second-order valence-corrected chi connectivity index (χ2v) is 5.05.